The van der Waals surface area contributed by atoms with Crippen molar-refractivity contribution in [1.29, 1.82) is 0 Å². The number of hydrogen-bond donors (Lipinski definition) is 2. The fourth-order valence-corrected chi connectivity index (χ4v) is 10.4. The normalized spacial score (nSPS) is 62.9. The number of hydrogen-bond acceptors (Lipinski definition) is 4. The zero-order valence-electron chi connectivity index (χ0n) is 20.1. The summed E-state index contributed by atoms with van der Waals surface area (Å²) in [5.74, 6) is 3.67. The van der Waals surface area contributed by atoms with Crippen LogP contribution in [0.15, 0.2) is 0 Å². The molecule has 176 valence electrons. The second-order valence-electron chi connectivity index (χ2n) is 13.4. The highest BCUT2D eigenvalue weighted by Gasteiger charge is 2.70. The van der Waals surface area contributed by atoms with Crippen LogP contribution in [0, 0.1) is 46.3 Å². The molecule has 0 aromatic heterocycles. The van der Waals surface area contributed by atoms with Crippen LogP contribution in [0.25, 0.3) is 0 Å². The predicted octanol–water partition coefficient (Wildman–Crippen LogP) is 4.91. The lowest BCUT2D eigenvalue weighted by molar-refractivity contribution is -0.262. The third kappa shape index (κ3) is 2.74. The van der Waals surface area contributed by atoms with Gasteiger partial charge in [0.2, 0.25) is 0 Å². The number of ether oxygens (including phenoxy) is 2. The maximum atomic E-state index is 10.3. The van der Waals surface area contributed by atoms with Gasteiger partial charge in [0.25, 0.3) is 0 Å². The Morgan fingerprint density at radius 3 is 2.39 bits per heavy atom. The Hall–Kier alpha value is -0.160. The Kier molecular flexibility index (Phi) is 4.62. The lowest BCUT2D eigenvalue weighted by atomic mass is 9.44. The third-order valence-corrected chi connectivity index (χ3v) is 12.1. The summed E-state index contributed by atoms with van der Waals surface area (Å²) in [7, 11) is 0. The topological polar surface area (TPSA) is 58.9 Å². The molecule has 0 aromatic carbocycles. The van der Waals surface area contributed by atoms with E-state index in [1.165, 1.54) is 38.5 Å². The molecule has 2 heterocycles. The van der Waals surface area contributed by atoms with E-state index >= 15 is 0 Å². The summed E-state index contributed by atoms with van der Waals surface area (Å²) in [6, 6.07) is 0. The van der Waals surface area contributed by atoms with Crippen LogP contribution in [-0.4, -0.2) is 40.4 Å². The summed E-state index contributed by atoms with van der Waals surface area (Å²) in [6.45, 7) is 9.68. The summed E-state index contributed by atoms with van der Waals surface area (Å²) in [5, 5.41) is 20.2. The standard InChI is InChI=1S/C27H44O4/c1-16-23-22(30-27(16)12-11-24(2,15-28)31-27)14-21-19-6-5-17-13-18(29)7-9-25(17,3)20(19)8-10-26(21,23)4/h16-23,28-29H,5-15H2,1-4H3. The smallest absolute Gasteiger partial charge is 0.172 e. The lowest BCUT2D eigenvalue weighted by Gasteiger charge is -2.61. The van der Waals surface area contributed by atoms with Crippen molar-refractivity contribution in [3.63, 3.8) is 0 Å². The molecule has 6 rings (SSSR count). The first-order valence-electron chi connectivity index (χ1n) is 13.3. The largest absolute Gasteiger partial charge is 0.393 e. The minimum Gasteiger partial charge on any atom is -0.393 e. The summed E-state index contributed by atoms with van der Waals surface area (Å²) in [5.41, 5.74) is 0.351. The molecule has 4 heteroatoms. The molecule has 4 saturated carbocycles. The van der Waals surface area contributed by atoms with Gasteiger partial charge >= 0.3 is 0 Å². The molecule has 6 fully saturated rings. The monoisotopic (exact) mass is 432 g/mol. The molecule has 0 amide bonds. The van der Waals surface area contributed by atoms with Crippen LogP contribution in [0.3, 0.4) is 0 Å². The van der Waals surface area contributed by atoms with Crippen molar-refractivity contribution in [2.24, 2.45) is 46.3 Å². The number of fused-ring (bicyclic) bond motifs is 7. The van der Waals surface area contributed by atoms with E-state index in [2.05, 4.69) is 20.8 Å². The van der Waals surface area contributed by atoms with Crippen molar-refractivity contribution in [3.8, 4) is 0 Å². The van der Waals surface area contributed by atoms with E-state index in [1.807, 2.05) is 6.92 Å². The van der Waals surface area contributed by atoms with Gasteiger partial charge in [-0.25, -0.2) is 0 Å². The van der Waals surface area contributed by atoms with Gasteiger partial charge in [0, 0.05) is 12.3 Å². The van der Waals surface area contributed by atoms with Gasteiger partial charge in [-0.05, 0) is 105 Å². The van der Waals surface area contributed by atoms with Crippen LogP contribution in [-0.2, 0) is 9.47 Å². The molecule has 0 bridgehead atoms. The molecular formula is C27H44O4. The Bertz CT molecular complexity index is 741. The van der Waals surface area contributed by atoms with Gasteiger partial charge in [-0.15, -0.1) is 0 Å². The number of aliphatic hydroxyl groups is 2. The molecule has 6 aliphatic rings. The average Bonchev–Trinajstić information content (AvgIpc) is 3.32. The second kappa shape index (κ2) is 6.71. The van der Waals surface area contributed by atoms with Crippen molar-refractivity contribution in [2.45, 2.75) is 115 Å². The van der Waals surface area contributed by atoms with E-state index in [0.29, 0.717) is 28.8 Å². The molecule has 2 saturated heterocycles. The molecule has 12 atom stereocenters. The van der Waals surface area contributed by atoms with Crippen LogP contribution < -0.4 is 0 Å². The van der Waals surface area contributed by atoms with Crippen molar-refractivity contribution >= 4 is 0 Å². The Balaban J connectivity index is 1.26. The Morgan fingerprint density at radius 1 is 0.871 bits per heavy atom. The van der Waals surface area contributed by atoms with Gasteiger partial charge in [0.05, 0.1) is 24.4 Å². The summed E-state index contributed by atoms with van der Waals surface area (Å²) in [6.07, 6.45) is 11.9. The summed E-state index contributed by atoms with van der Waals surface area (Å²) in [4.78, 5) is 0. The zero-order chi connectivity index (χ0) is 21.8. The average molecular weight is 433 g/mol. The lowest BCUT2D eigenvalue weighted by Crippen LogP contribution is -2.54. The highest BCUT2D eigenvalue weighted by Crippen LogP contribution is 2.71. The van der Waals surface area contributed by atoms with Gasteiger partial charge in [0.15, 0.2) is 5.79 Å². The fourth-order valence-electron chi connectivity index (χ4n) is 10.4. The van der Waals surface area contributed by atoms with Crippen molar-refractivity contribution < 1.29 is 19.7 Å². The van der Waals surface area contributed by atoms with Crippen molar-refractivity contribution in [1.82, 2.24) is 0 Å². The molecule has 2 N–H and O–H groups in total. The molecule has 4 aliphatic carbocycles. The van der Waals surface area contributed by atoms with Crippen LogP contribution in [0.5, 0.6) is 0 Å². The maximum Gasteiger partial charge on any atom is 0.172 e. The maximum absolute atomic E-state index is 10.3. The summed E-state index contributed by atoms with van der Waals surface area (Å²) >= 11 is 0. The summed E-state index contributed by atoms with van der Waals surface area (Å²) < 4.78 is 13.4. The second-order valence-corrected chi connectivity index (χ2v) is 13.4. The van der Waals surface area contributed by atoms with E-state index in [0.717, 1.165) is 49.4 Å². The highest BCUT2D eigenvalue weighted by atomic mass is 16.7. The van der Waals surface area contributed by atoms with Gasteiger partial charge in [0.1, 0.15) is 0 Å². The van der Waals surface area contributed by atoms with Crippen LogP contribution in [0.1, 0.15) is 91.9 Å². The molecule has 0 radical (unpaired) electrons. The molecule has 31 heavy (non-hydrogen) atoms. The fraction of sp³-hybridized carbons (Fsp3) is 1.00. The van der Waals surface area contributed by atoms with Gasteiger partial charge in [-0.1, -0.05) is 20.8 Å². The Labute approximate surface area is 188 Å². The van der Waals surface area contributed by atoms with E-state index in [4.69, 9.17) is 9.47 Å². The highest BCUT2D eigenvalue weighted by molar-refractivity contribution is 5.16. The van der Waals surface area contributed by atoms with E-state index < -0.39 is 11.4 Å². The molecule has 4 nitrogen and oxygen atoms in total. The number of rotatable bonds is 1. The van der Waals surface area contributed by atoms with Crippen LogP contribution >= 0.6 is 0 Å². The van der Waals surface area contributed by atoms with E-state index in [9.17, 15) is 10.2 Å². The first-order valence-corrected chi connectivity index (χ1v) is 13.3. The minimum atomic E-state index is -0.471. The van der Waals surface area contributed by atoms with Crippen LogP contribution in [0.2, 0.25) is 0 Å². The van der Waals surface area contributed by atoms with Gasteiger partial charge < -0.3 is 19.7 Å². The zero-order valence-corrected chi connectivity index (χ0v) is 20.1. The first-order chi connectivity index (χ1) is 14.6. The molecule has 2 aliphatic heterocycles. The first kappa shape index (κ1) is 21.4. The molecule has 1 spiro atoms. The molecule has 0 aromatic rings. The molecule has 12 unspecified atom stereocenters. The van der Waals surface area contributed by atoms with Gasteiger partial charge in [-0.2, -0.15) is 0 Å². The number of aliphatic hydroxyl groups excluding tert-OH is 2. The molecular weight excluding hydrogens is 388 g/mol. The minimum absolute atomic E-state index is 0.0595. The van der Waals surface area contributed by atoms with E-state index in [-0.39, 0.29) is 12.7 Å². The third-order valence-electron chi connectivity index (χ3n) is 12.1. The van der Waals surface area contributed by atoms with Gasteiger partial charge in [-0.3, -0.25) is 0 Å². The predicted molar refractivity (Wildman–Crippen MR) is 119 cm³/mol. The SMILES string of the molecule is CC1C2C(CC3C4CCC5CC(O)CCC5(C)C4CCC32C)OC12CCC(C)(CO)O2. The van der Waals surface area contributed by atoms with Crippen molar-refractivity contribution in [3.05, 3.63) is 0 Å². The van der Waals surface area contributed by atoms with E-state index in [1.54, 1.807) is 0 Å². The quantitative estimate of drug-likeness (QED) is 0.618. The van der Waals surface area contributed by atoms with Crippen molar-refractivity contribution in [2.75, 3.05) is 6.61 Å². The van der Waals surface area contributed by atoms with Crippen LogP contribution in [0.4, 0.5) is 0 Å². The Morgan fingerprint density at radius 2 is 1.65 bits per heavy atom.